The van der Waals surface area contributed by atoms with Gasteiger partial charge in [0.25, 0.3) is 0 Å². The molecule has 2 atom stereocenters. The molecule has 0 amide bonds. The number of likely N-dealkylation sites (tertiary alicyclic amines) is 1. The molecule has 0 aromatic heterocycles. The van der Waals surface area contributed by atoms with Crippen molar-refractivity contribution in [2.45, 2.75) is 30.4 Å². The van der Waals surface area contributed by atoms with E-state index < -0.39 is 0 Å². The van der Waals surface area contributed by atoms with Gasteiger partial charge >= 0.3 is 0 Å². The Kier molecular flexibility index (Phi) is 3.40. The van der Waals surface area contributed by atoms with Crippen LogP contribution in [0.2, 0.25) is 0 Å². The lowest BCUT2D eigenvalue weighted by molar-refractivity contribution is 0.345. The van der Waals surface area contributed by atoms with Crippen LogP contribution in [0.25, 0.3) is 0 Å². The second-order valence-corrected chi connectivity index (χ2v) is 6.52. The monoisotopic (exact) mass is 214 g/mol. The largest absolute Gasteiger partial charge is 0.330 e. The summed E-state index contributed by atoms with van der Waals surface area (Å²) in [5.74, 6) is 2.27. The summed E-state index contributed by atoms with van der Waals surface area (Å²) in [6.07, 6.45) is 5.45. The SMILES string of the molecule is CN1CCC2(CC(CCN)CCS2)C1. The fourth-order valence-electron chi connectivity index (χ4n) is 2.94. The summed E-state index contributed by atoms with van der Waals surface area (Å²) in [5, 5.41) is 0. The Morgan fingerprint density at radius 1 is 1.57 bits per heavy atom. The van der Waals surface area contributed by atoms with Crippen molar-refractivity contribution in [1.29, 1.82) is 0 Å². The first kappa shape index (κ1) is 10.8. The van der Waals surface area contributed by atoms with Gasteiger partial charge in [0, 0.05) is 11.3 Å². The minimum absolute atomic E-state index is 0.604. The van der Waals surface area contributed by atoms with Crippen molar-refractivity contribution in [3.8, 4) is 0 Å². The maximum Gasteiger partial charge on any atom is 0.0301 e. The summed E-state index contributed by atoms with van der Waals surface area (Å²) in [4.78, 5) is 2.48. The van der Waals surface area contributed by atoms with Gasteiger partial charge in [-0.2, -0.15) is 11.8 Å². The maximum absolute atomic E-state index is 5.66. The van der Waals surface area contributed by atoms with Crippen LogP contribution in [-0.4, -0.2) is 42.1 Å². The van der Waals surface area contributed by atoms with Gasteiger partial charge < -0.3 is 10.6 Å². The van der Waals surface area contributed by atoms with Crippen molar-refractivity contribution in [3.63, 3.8) is 0 Å². The third-order valence-corrected chi connectivity index (χ3v) is 5.23. The highest BCUT2D eigenvalue weighted by Gasteiger charge is 2.41. The third-order valence-electron chi connectivity index (χ3n) is 3.68. The predicted octanol–water partition coefficient (Wildman–Crippen LogP) is 1.55. The van der Waals surface area contributed by atoms with Crippen LogP contribution in [0.3, 0.4) is 0 Å². The van der Waals surface area contributed by atoms with Crippen LogP contribution < -0.4 is 5.73 Å². The van der Waals surface area contributed by atoms with E-state index in [-0.39, 0.29) is 0 Å². The quantitative estimate of drug-likeness (QED) is 0.756. The van der Waals surface area contributed by atoms with E-state index in [0.29, 0.717) is 4.75 Å². The summed E-state index contributed by atoms with van der Waals surface area (Å²) < 4.78 is 0.604. The lowest BCUT2D eigenvalue weighted by Crippen LogP contribution is -2.35. The average molecular weight is 214 g/mol. The van der Waals surface area contributed by atoms with Gasteiger partial charge in [-0.3, -0.25) is 0 Å². The summed E-state index contributed by atoms with van der Waals surface area (Å²) in [5.41, 5.74) is 5.66. The van der Waals surface area contributed by atoms with Gasteiger partial charge in [0.15, 0.2) is 0 Å². The van der Waals surface area contributed by atoms with Crippen LogP contribution >= 0.6 is 11.8 Å². The lowest BCUT2D eigenvalue weighted by Gasteiger charge is -2.37. The molecule has 2 nitrogen and oxygen atoms in total. The van der Waals surface area contributed by atoms with E-state index in [1.165, 1.54) is 44.5 Å². The molecule has 14 heavy (non-hydrogen) atoms. The van der Waals surface area contributed by atoms with Gasteiger partial charge in [-0.15, -0.1) is 0 Å². The minimum Gasteiger partial charge on any atom is -0.330 e. The molecule has 2 aliphatic rings. The predicted molar refractivity (Wildman–Crippen MR) is 63.7 cm³/mol. The topological polar surface area (TPSA) is 29.3 Å². The second-order valence-electron chi connectivity index (χ2n) is 4.96. The molecule has 0 aliphatic carbocycles. The zero-order valence-corrected chi connectivity index (χ0v) is 9.98. The van der Waals surface area contributed by atoms with E-state index in [0.717, 1.165) is 12.5 Å². The summed E-state index contributed by atoms with van der Waals surface area (Å²) >= 11 is 2.22. The molecular weight excluding hydrogens is 192 g/mol. The van der Waals surface area contributed by atoms with Gasteiger partial charge in [0.1, 0.15) is 0 Å². The molecule has 0 bridgehead atoms. The van der Waals surface area contributed by atoms with Gasteiger partial charge in [-0.25, -0.2) is 0 Å². The highest BCUT2D eigenvalue weighted by atomic mass is 32.2. The van der Waals surface area contributed by atoms with E-state index in [2.05, 4.69) is 23.7 Å². The first-order chi connectivity index (χ1) is 6.74. The summed E-state index contributed by atoms with van der Waals surface area (Å²) in [7, 11) is 2.25. The molecular formula is C11H22N2S. The first-order valence-electron chi connectivity index (χ1n) is 5.77. The molecule has 0 radical (unpaired) electrons. The molecule has 0 aromatic carbocycles. The fourth-order valence-corrected chi connectivity index (χ4v) is 4.73. The molecule has 2 rings (SSSR count). The number of thioether (sulfide) groups is 1. The van der Waals surface area contributed by atoms with Crippen molar-refractivity contribution < 1.29 is 0 Å². The van der Waals surface area contributed by atoms with E-state index in [4.69, 9.17) is 5.73 Å². The Hall–Kier alpha value is 0.270. The summed E-state index contributed by atoms with van der Waals surface area (Å²) in [6, 6.07) is 0. The molecule has 2 aliphatic heterocycles. The highest BCUT2D eigenvalue weighted by molar-refractivity contribution is 8.00. The van der Waals surface area contributed by atoms with Crippen molar-refractivity contribution in [2.24, 2.45) is 11.7 Å². The van der Waals surface area contributed by atoms with Crippen LogP contribution in [0, 0.1) is 5.92 Å². The van der Waals surface area contributed by atoms with E-state index in [9.17, 15) is 0 Å². The lowest BCUT2D eigenvalue weighted by atomic mass is 9.88. The van der Waals surface area contributed by atoms with Crippen LogP contribution in [0.5, 0.6) is 0 Å². The van der Waals surface area contributed by atoms with Gasteiger partial charge in [-0.1, -0.05) is 0 Å². The zero-order chi connectivity index (χ0) is 10.0. The first-order valence-corrected chi connectivity index (χ1v) is 6.75. The molecule has 2 saturated heterocycles. The van der Waals surface area contributed by atoms with Crippen molar-refractivity contribution in [1.82, 2.24) is 4.90 Å². The zero-order valence-electron chi connectivity index (χ0n) is 9.17. The van der Waals surface area contributed by atoms with Gasteiger partial charge in [0.05, 0.1) is 0 Å². The van der Waals surface area contributed by atoms with E-state index in [1.54, 1.807) is 0 Å². The van der Waals surface area contributed by atoms with Crippen LogP contribution in [0.4, 0.5) is 0 Å². The standard InChI is InChI=1S/C11H22N2S/c1-13-6-4-11(9-13)8-10(2-5-12)3-7-14-11/h10H,2-9,12H2,1H3. The van der Waals surface area contributed by atoms with E-state index in [1.807, 2.05) is 0 Å². The normalized spacial score (nSPS) is 39.4. The van der Waals surface area contributed by atoms with Crippen molar-refractivity contribution in [2.75, 3.05) is 32.4 Å². The third kappa shape index (κ3) is 2.26. The van der Waals surface area contributed by atoms with E-state index >= 15 is 0 Å². The van der Waals surface area contributed by atoms with Crippen molar-refractivity contribution >= 4 is 11.8 Å². The Morgan fingerprint density at radius 3 is 3.07 bits per heavy atom. The molecule has 2 heterocycles. The molecule has 82 valence electrons. The molecule has 3 heteroatoms. The molecule has 2 fully saturated rings. The molecule has 0 aromatic rings. The summed E-state index contributed by atoms with van der Waals surface area (Å²) in [6.45, 7) is 3.47. The Morgan fingerprint density at radius 2 is 2.43 bits per heavy atom. The molecule has 2 N–H and O–H groups in total. The molecule has 2 unspecified atom stereocenters. The number of hydrogen-bond acceptors (Lipinski definition) is 3. The van der Waals surface area contributed by atoms with Crippen molar-refractivity contribution in [3.05, 3.63) is 0 Å². The highest BCUT2D eigenvalue weighted by Crippen LogP contribution is 2.45. The average Bonchev–Trinajstić information content (AvgIpc) is 2.48. The molecule has 1 spiro atoms. The minimum atomic E-state index is 0.604. The van der Waals surface area contributed by atoms with Crippen LogP contribution in [-0.2, 0) is 0 Å². The number of hydrogen-bond donors (Lipinski definition) is 1. The Bertz CT molecular complexity index is 192. The Labute approximate surface area is 91.6 Å². The number of rotatable bonds is 2. The Balaban J connectivity index is 1.93. The number of nitrogens with zero attached hydrogens (tertiary/aromatic N) is 1. The molecule has 0 saturated carbocycles. The maximum atomic E-state index is 5.66. The smallest absolute Gasteiger partial charge is 0.0301 e. The number of nitrogens with two attached hydrogens (primary N) is 1. The van der Waals surface area contributed by atoms with Crippen LogP contribution in [0.1, 0.15) is 25.7 Å². The van der Waals surface area contributed by atoms with Gasteiger partial charge in [-0.05, 0) is 57.5 Å². The fraction of sp³-hybridized carbons (Fsp3) is 1.00. The van der Waals surface area contributed by atoms with Crippen LogP contribution in [0.15, 0.2) is 0 Å². The van der Waals surface area contributed by atoms with Gasteiger partial charge in [0.2, 0.25) is 0 Å². The second kappa shape index (κ2) is 4.42.